The van der Waals surface area contributed by atoms with E-state index in [0.29, 0.717) is 18.9 Å². The third-order valence-electron chi connectivity index (χ3n) is 5.84. The fourth-order valence-corrected chi connectivity index (χ4v) is 4.21. The number of rotatable bonds is 6. The summed E-state index contributed by atoms with van der Waals surface area (Å²) in [5.41, 5.74) is 3.31. The molecule has 2 aromatic carbocycles. The summed E-state index contributed by atoms with van der Waals surface area (Å²) >= 11 is 0. The number of benzene rings is 2. The Labute approximate surface area is 172 Å². The summed E-state index contributed by atoms with van der Waals surface area (Å²) < 4.78 is 7.80. The summed E-state index contributed by atoms with van der Waals surface area (Å²) in [4.78, 5) is 19.4. The van der Waals surface area contributed by atoms with Crippen LogP contribution in [0.4, 0.5) is 0 Å². The molecule has 1 saturated heterocycles. The van der Waals surface area contributed by atoms with Crippen LogP contribution in [0, 0.1) is 12.8 Å². The summed E-state index contributed by atoms with van der Waals surface area (Å²) in [5, 5.41) is 0. The van der Waals surface area contributed by atoms with Crippen LogP contribution in [0.25, 0.3) is 11.0 Å². The van der Waals surface area contributed by atoms with E-state index < -0.39 is 0 Å². The molecule has 0 atom stereocenters. The fourth-order valence-electron chi connectivity index (χ4n) is 4.21. The molecule has 2 heterocycles. The molecule has 5 heteroatoms. The van der Waals surface area contributed by atoms with Crippen LogP contribution in [0.15, 0.2) is 48.5 Å². The van der Waals surface area contributed by atoms with E-state index in [-0.39, 0.29) is 5.91 Å². The summed E-state index contributed by atoms with van der Waals surface area (Å²) in [7, 11) is 0. The Morgan fingerprint density at radius 1 is 1.10 bits per heavy atom. The van der Waals surface area contributed by atoms with Gasteiger partial charge in [0.05, 0.1) is 24.1 Å². The van der Waals surface area contributed by atoms with Gasteiger partial charge in [0.1, 0.15) is 11.6 Å². The SMILES string of the molecule is CCOc1ccc(CC(=O)N2CCC(Cn3c(C)nc4ccccc43)CC2)cc1. The van der Waals surface area contributed by atoms with E-state index in [4.69, 9.17) is 4.74 Å². The predicted molar refractivity (Wildman–Crippen MR) is 115 cm³/mol. The Hall–Kier alpha value is -2.82. The highest BCUT2D eigenvalue weighted by atomic mass is 16.5. The number of aryl methyl sites for hydroxylation is 1. The van der Waals surface area contributed by atoms with Crippen molar-refractivity contribution in [1.82, 2.24) is 14.5 Å². The molecule has 0 radical (unpaired) electrons. The van der Waals surface area contributed by atoms with Crippen molar-refractivity contribution in [3.8, 4) is 5.75 Å². The van der Waals surface area contributed by atoms with Crippen LogP contribution in [0.5, 0.6) is 5.75 Å². The number of imidazole rings is 1. The van der Waals surface area contributed by atoms with Gasteiger partial charge in [-0.2, -0.15) is 0 Å². The molecule has 3 aromatic rings. The van der Waals surface area contributed by atoms with Gasteiger partial charge in [-0.1, -0.05) is 24.3 Å². The first-order chi connectivity index (χ1) is 14.1. The lowest BCUT2D eigenvalue weighted by Crippen LogP contribution is -2.40. The fraction of sp³-hybridized carbons (Fsp3) is 0.417. The van der Waals surface area contributed by atoms with Crippen LogP contribution < -0.4 is 4.74 Å². The van der Waals surface area contributed by atoms with E-state index in [2.05, 4.69) is 34.7 Å². The number of fused-ring (bicyclic) bond motifs is 1. The van der Waals surface area contributed by atoms with E-state index in [0.717, 1.165) is 55.1 Å². The second kappa shape index (κ2) is 8.68. The first-order valence-electron chi connectivity index (χ1n) is 10.6. The van der Waals surface area contributed by atoms with Crippen LogP contribution >= 0.6 is 0 Å². The number of aromatic nitrogens is 2. The molecule has 0 aliphatic carbocycles. The van der Waals surface area contributed by atoms with Crippen molar-refractivity contribution >= 4 is 16.9 Å². The first kappa shape index (κ1) is 19.5. The lowest BCUT2D eigenvalue weighted by molar-refractivity contribution is -0.131. The second-order valence-corrected chi connectivity index (χ2v) is 7.84. The van der Waals surface area contributed by atoms with Gasteiger partial charge in [0.15, 0.2) is 0 Å². The standard InChI is InChI=1S/C24H29N3O2/c1-3-29-21-10-8-19(9-11-21)16-24(28)26-14-12-20(13-15-26)17-27-18(2)25-22-6-4-5-7-23(22)27/h4-11,20H,3,12-17H2,1-2H3. The number of para-hydroxylation sites is 2. The first-order valence-corrected chi connectivity index (χ1v) is 10.6. The normalized spacial score (nSPS) is 15.0. The molecule has 0 spiro atoms. The lowest BCUT2D eigenvalue weighted by Gasteiger charge is -2.32. The summed E-state index contributed by atoms with van der Waals surface area (Å²) in [6.07, 6.45) is 2.55. The van der Waals surface area contributed by atoms with Gasteiger partial charge in [-0.05, 0) is 62.4 Å². The number of piperidine rings is 1. The lowest BCUT2D eigenvalue weighted by atomic mass is 9.96. The van der Waals surface area contributed by atoms with Gasteiger partial charge in [0.25, 0.3) is 0 Å². The largest absolute Gasteiger partial charge is 0.494 e. The molecule has 0 saturated carbocycles. The van der Waals surface area contributed by atoms with Gasteiger partial charge in [0, 0.05) is 19.6 Å². The molecule has 29 heavy (non-hydrogen) atoms. The Balaban J connectivity index is 1.32. The highest BCUT2D eigenvalue weighted by Crippen LogP contribution is 2.24. The molecule has 4 rings (SSSR count). The molecular formula is C24H29N3O2. The van der Waals surface area contributed by atoms with Crippen molar-refractivity contribution < 1.29 is 9.53 Å². The monoisotopic (exact) mass is 391 g/mol. The second-order valence-electron chi connectivity index (χ2n) is 7.84. The van der Waals surface area contributed by atoms with Gasteiger partial charge >= 0.3 is 0 Å². The molecule has 0 N–H and O–H groups in total. The Morgan fingerprint density at radius 2 is 1.83 bits per heavy atom. The van der Waals surface area contributed by atoms with E-state index in [1.165, 1.54) is 5.52 Å². The third-order valence-corrected chi connectivity index (χ3v) is 5.84. The van der Waals surface area contributed by atoms with Crippen molar-refractivity contribution in [3.05, 3.63) is 59.9 Å². The van der Waals surface area contributed by atoms with Crippen molar-refractivity contribution in [2.24, 2.45) is 5.92 Å². The molecule has 152 valence electrons. The maximum Gasteiger partial charge on any atom is 0.226 e. The van der Waals surface area contributed by atoms with Gasteiger partial charge in [0.2, 0.25) is 5.91 Å². The number of amides is 1. The molecule has 1 aliphatic heterocycles. The topological polar surface area (TPSA) is 47.4 Å². The zero-order valence-electron chi connectivity index (χ0n) is 17.3. The van der Waals surface area contributed by atoms with E-state index in [9.17, 15) is 4.79 Å². The number of carbonyl (C=O) groups excluding carboxylic acids is 1. The molecule has 1 fully saturated rings. The number of likely N-dealkylation sites (tertiary alicyclic amines) is 1. The minimum Gasteiger partial charge on any atom is -0.494 e. The minimum atomic E-state index is 0.219. The summed E-state index contributed by atoms with van der Waals surface area (Å²) in [5.74, 6) is 2.73. The molecule has 1 aliphatic rings. The average molecular weight is 392 g/mol. The highest BCUT2D eigenvalue weighted by Gasteiger charge is 2.24. The highest BCUT2D eigenvalue weighted by molar-refractivity contribution is 5.79. The van der Waals surface area contributed by atoms with E-state index in [1.54, 1.807) is 0 Å². The van der Waals surface area contributed by atoms with Gasteiger partial charge in [-0.25, -0.2) is 4.98 Å². The van der Waals surface area contributed by atoms with Crippen molar-refractivity contribution in [3.63, 3.8) is 0 Å². The molecule has 0 unspecified atom stereocenters. The van der Waals surface area contributed by atoms with Crippen molar-refractivity contribution in [2.45, 2.75) is 39.7 Å². The molecule has 5 nitrogen and oxygen atoms in total. The van der Waals surface area contributed by atoms with Crippen molar-refractivity contribution in [2.75, 3.05) is 19.7 Å². The molecule has 1 amide bonds. The maximum absolute atomic E-state index is 12.7. The minimum absolute atomic E-state index is 0.219. The Bertz CT molecular complexity index is 969. The van der Waals surface area contributed by atoms with Crippen molar-refractivity contribution in [1.29, 1.82) is 0 Å². The molecule has 1 aromatic heterocycles. The average Bonchev–Trinajstić information content (AvgIpc) is 3.05. The molecule has 0 bridgehead atoms. The quantitative estimate of drug-likeness (QED) is 0.632. The summed E-state index contributed by atoms with van der Waals surface area (Å²) in [6.45, 7) is 7.36. The van der Waals surface area contributed by atoms with Gasteiger partial charge in [-0.3, -0.25) is 4.79 Å². The number of nitrogens with zero attached hydrogens (tertiary/aromatic N) is 3. The molecular weight excluding hydrogens is 362 g/mol. The number of ether oxygens (including phenoxy) is 1. The number of hydrogen-bond donors (Lipinski definition) is 0. The zero-order valence-corrected chi connectivity index (χ0v) is 17.3. The summed E-state index contributed by atoms with van der Waals surface area (Å²) in [6, 6.07) is 16.2. The Morgan fingerprint density at radius 3 is 2.55 bits per heavy atom. The van der Waals surface area contributed by atoms with Gasteiger partial charge in [-0.15, -0.1) is 0 Å². The number of hydrogen-bond acceptors (Lipinski definition) is 3. The van der Waals surface area contributed by atoms with Crippen LogP contribution in [0.1, 0.15) is 31.2 Å². The van der Waals surface area contributed by atoms with Gasteiger partial charge < -0.3 is 14.2 Å². The zero-order chi connectivity index (χ0) is 20.2. The van der Waals surface area contributed by atoms with Crippen LogP contribution in [-0.4, -0.2) is 40.1 Å². The maximum atomic E-state index is 12.7. The van der Waals surface area contributed by atoms with Crippen LogP contribution in [-0.2, 0) is 17.8 Å². The third kappa shape index (κ3) is 4.44. The van der Waals surface area contributed by atoms with E-state index >= 15 is 0 Å². The van der Waals surface area contributed by atoms with Crippen LogP contribution in [0.2, 0.25) is 0 Å². The van der Waals surface area contributed by atoms with E-state index in [1.807, 2.05) is 42.2 Å². The smallest absolute Gasteiger partial charge is 0.226 e. The number of carbonyl (C=O) groups is 1. The van der Waals surface area contributed by atoms with Crippen LogP contribution in [0.3, 0.4) is 0 Å². The Kier molecular flexibility index (Phi) is 5.84. The predicted octanol–water partition coefficient (Wildman–Crippen LogP) is 4.22.